The Morgan fingerprint density at radius 3 is 2.84 bits per heavy atom. The molecule has 25 heavy (non-hydrogen) atoms. The van der Waals surface area contributed by atoms with Crippen LogP contribution in [-0.2, 0) is 10.5 Å². The van der Waals surface area contributed by atoms with Gasteiger partial charge in [0.1, 0.15) is 5.76 Å². The lowest BCUT2D eigenvalue weighted by molar-refractivity contribution is -0.129. The number of fused-ring (bicyclic) bond motifs is 1. The van der Waals surface area contributed by atoms with Gasteiger partial charge < -0.3 is 9.32 Å². The summed E-state index contributed by atoms with van der Waals surface area (Å²) in [6.45, 7) is 1.67. The topological polar surface area (TPSA) is 46.3 Å². The van der Waals surface area contributed by atoms with E-state index < -0.39 is 0 Å². The van der Waals surface area contributed by atoms with E-state index >= 15 is 0 Å². The van der Waals surface area contributed by atoms with E-state index in [2.05, 4.69) is 18.2 Å². The second-order valence-corrected chi connectivity index (χ2v) is 8.29. The minimum Gasteiger partial charge on any atom is -0.468 e. The van der Waals surface area contributed by atoms with Gasteiger partial charge in [-0.15, -0.1) is 23.1 Å². The molecule has 3 heterocycles. The molecule has 4 rings (SSSR count). The van der Waals surface area contributed by atoms with Gasteiger partial charge in [-0.2, -0.15) is 0 Å². The van der Waals surface area contributed by atoms with Gasteiger partial charge >= 0.3 is 0 Å². The number of carbonyl (C=O) groups is 1. The fourth-order valence-corrected chi connectivity index (χ4v) is 5.13. The van der Waals surface area contributed by atoms with Crippen LogP contribution in [0.3, 0.4) is 0 Å². The van der Waals surface area contributed by atoms with Gasteiger partial charge in [-0.25, -0.2) is 4.98 Å². The van der Waals surface area contributed by atoms with Crippen LogP contribution in [0.25, 0.3) is 10.2 Å². The molecule has 0 bridgehead atoms. The summed E-state index contributed by atoms with van der Waals surface area (Å²) in [5, 5.41) is 1.22. The summed E-state index contributed by atoms with van der Waals surface area (Å²) in [7, 11) is 0. The molecule has 1 aliphatic rings. The zero-order chi connectivity index (χ0) is 17.1. The standard InChI is InChI=1S/C19H20N2O2S2/c22-18(13-24-12-15-4-3-11-23-15)21-9-7-14(8-10-21)19-20-16-5-1-2-6-17(16)25-19/h1-6,11,14H,7-10,12-13H2. The Morgan fingerprint density at radius 1 is 1.24 bits per heavy atom. The Morgan fingerprint density at radius 2 is 2.08 bits per heavy atom. The number of para-hydroxylation sites is 1. The number of furan rings is 1. The number of likely N-dealkylation sites (tertiary alicyclic amines) is 1. The van der Waals surface area contributed by atoms with Crippen molar-refractivity contribution < 1.29 is 9.21 Å². The van der Waals surface area contributed by atoms with Gasteiger partial charge in [-0.3, -0.25) is 4.79 Å². The zero-order valence-electron chi connectivity index (χ0n) is 13.9. The molecule has 0 aliphatic carbocycles. The second kappa shape index (κ2) is 7.62. The van der Waals surface area contributed by atoms with Crippen molar-refractivity contribution in [1.82, 2.24) is 9.88 Å². The smallest absolute Gasteiger partial charge is 0.232 e. The molecule has 130 valence electrons. The van der Waals surface area contributed by atoms with Gasteiger partial charge in [-0.1, -0.05) is 12.1 Å². The molecule has 0 atom stereocenters. The van der Waals surface area contributed by atoms with E-state index in [1.54, 1.807) is 29.4 Å². The normalized spacial score (nSPS) is 15.8. The number of piperidine rings is 1. The fraction of sp³-hybridized carbons (Fsp3) is 0.368. The minimum atomic E-state index is 0.235. The van der Waals surface area contributed by atoms with Gasteiger partial charge in [0.25, 0.3) is 0 Å². The summed E-state index contributed by atoms with van der Waals surface area (Å²) in [6, 6.07) is 12.1. The van der Waals surface area contributed by atoms with Crippen molar-refractivity contribution >= 4 is 39.2 Å². The van der Waals surface area contributed by atoms with Crippen molar-refractivity contribution in [2.24, 2.45) is 0 Å². The average Bonchev–Trinajstić information content (AvgIpc) is 3.31. The molecule has 4 nitrogen and oxygen atoms in total. The van der Waals surface area contributed by atoms with E-state index in [0.717, 1.165) is 43.0 Å². The third-order valence-electron chi connectivity index (χ3n) is 4.56. The van der Waals surface area contributed by atoms with E-state index in [1.165, 1.54) is 9.71 Å². The number of aromatic nitrogens is 1. The summed E-state index contributed by atoms with van der Waals surface area (Å²) in [5.41, 5.74) is 1.09. The fourth-order valence-electron chi connectivity index (χ4n) is 3.17. The van der Waals surface area contributed by atoms with E-state index in [0.29, 0.717) is 11.7 Å². The predicted molar refractivity (Wildman–Crippen MR) is 103 cm³/mol. The van der Waals surface area contributed by atoms with E-state index in [-0.39, 0.29) is 5.91 Å². The third-order valence-corrected chi connectivity index (χ3v) is 6.70. The molecule has 0 radical (unpaired) electrons. The van der Waals surface area contributed by atoms with Gasteiger partial charge in [0.2, 0.25) is 5.91 Å². The Kier molecular flexibility index (Phi) is 5.08. The van der Waals surface area contributed by atoms with Crippen LogP contribution in [0, 0.1) is 0 Å². The molecule has 0 unspecified atom stereocenters. The number of amides is 1. The number of carbonyl (C=O) groups excluding carboxylic acids is 1. The highest BCUT2D eigenvalue weighted by Gasteiger charge is 2.25. The second-order valence-electron chi connectivity index (χ2n) is 6.25. The van der Waals surface area contributed by atoms with Gasteiger partial charge in [0, 0.05) is 19.0 Å². The molecule has 0 saturated carbocycles. The van der Waals surface area contributed by atoms with Crippen LogP contribution in [0.2, 0.25) is 0 Å². The van der Waals surface area contributed by atoms with Crippen LogP contribution < -0.4 is 0 Å². The summed E-state index contributed by atoms with van der Waals surface area (Å²) < 4.78 is 6.55. The Balaban J connectivity index is 1.28. The number of hydrogen-bond acceptors (Lipinski definition) is 5. The van der Waals surface area contributed by atoms with Crippen molar-refractivity contribution in [2.75, 3.05) is 18.8 Å². The first-order valence-corrected chi connectivity index (χ1v) is 10.5. The third kappa shape index (κ3) is 3.90. The lowest BCUT2D eigenvalue weighted by Crippen LogP contribution is -2.38. The van der Waals surface area contributed by atoms with E-state index in [9.17, 15) is 4.79 Å². The van der Waals surface area contributed by atoms with Crippen LogP contribution in [0.15, 0.2) is 47.1 Å². The molecule has 6 heteroatoms. The highest BCUT2D eigenvalue weighted by Crippen LogP contribution is 2.33. The maximum atomic E-state index is 12.4. The summed E-state index contributed by atoms with van der Waals surface area (Å²) in [5.74, 6) is 2.91. The average molecular weight is 373 g/mol. The molecule has 1 aliphatic heterocycles. The monoisotopic (exact) mass is 372 g/mol. The number of rotatable bonds is 5. The van der Waals surface area contributed by atoms with E-state index in [1.807, 2.05) is 23.1 Å². The lowest BCUT2D eigenvalue weighted by Gasteiger charge is -2.31. The molecule has 0 spiro atoms. The van der Waals surface area contributed by atoms with Crippen LogP contribution in [0.5, 0.6) is 0 Å². The summed E-state index contributed by atoms with van der Waals surface area (Å²) in [4.78, 5) is 19.2. The predicted octanol–water partition coefficient (Wildman–Crippen LogP) is 4.53. The lowest BCUT2D eigenvalue weighted by atomic mass is 9.97. The number of thioether (sulfide) groups is 1. The molecular weight excluding hydrogens is 352 g/mol. The molecule has 1 aromatic carbocycles. The van der Waals surface area contributed by atoms with Crippen molar-refractivity contribution in [3.05, 3.63) is 53.4 Å². The molecule has 1 saturated heterocycles. The van der Waals surface area contributed by atoms with E-state index in [4.69, 9.17) is 9.40 Å². The first kappa shape index (κ1) is 16.7. The van der Waals surface area contributed by atoms with Gasteiger partial charge in [0.05, 0.1) is 33.0 Å². The van der Waals surface area contributed by atoms with Crippen molar-refractivity contribution in [3.63, 3.8) is 0 Å². The molecule has 1 fully saturated rings. The van der Waals surface area contributed by atoms with Crippen LogP contribution in [0.1, 0.15) is 29.5 Å². The SMILES string of the molecule is O=C(CSCc1ccco1)N1CCC(c2nc3ccccc3s2)CC1. The Labute approximate surface area is 155 Å². The van der Waals surface area contributed by atoms with Crippen LogP contribution in [-0.4, -0.2) is 34.6 Å². The number of benzene rings is 1. The number of hydrogen-bond donors (Lipinski definition) is 0. The summed E-state index contributed by atoms with van der Waals surface area (Å²) in [6.07, 6.45) is 3.69. The van der Waals surface area contributed by atoms with Crippen LogP contribution in [0.4, 0.5) is 0 Å². The van der Waals surface area contributed by atoms with Crippen molar-refractivity contribution in [1.29, 1.82) is 0 Å². The molecule has 1 amide bonds. The zero-order valence-corrected chi connectivity index (χ0v) is 15.5. The molecule has 0 N–H and O–H groups in total. The number of thiazole rings is 1. The van der Waals surface area contributed by atoms with Crippen LogP contribution >= 0.6 is 23.1 Å². The molecular formula is C19H20N2O2S2. The maximum absolute atomic E-state index is 12.4. The van der Waals surface area contributed by atoms with Gasteiger partial charge in [-0.05, 0) is 37.1 Å². The Hall–Kier alpha value is -1.79. The minimum absolute atomic E-state index is 0.235. The first-order chi connectivity index (χ1) is 12.3. The van der Waals surface area contributed by atoms with Crippen molar-refractivity contribution in [3.8, 4) is 0 Å². The Bertz CT molecular complexity index is 803. The highest BCUT2D eigenvalue weighted by molar-refractivity contribution is 7.99. The largest absolute Gasteiger partial charge is 0.468 e. The first-order valence-electron chi connectivity index (χ1n) is 8.53. The highest BCUT2D eigenvalue weighted by atomic mass is 32.2. The van der Waals surface area contributed by atoms with Gasteiger partial charge in [0.15, 0.2) is 0 Å². The molecule has 2 aromatic heterocycles. The summed E-state index contributed by atoms with van der Waals surface area (Å²) >= 11 is 3.41. The number of nitrogens with zero attached hydrogens (tertiary/aromatic N) is 2. The maximum Gasteiger partial charge on any atom is 0.232 e. The molecule has 3 aromatic rings. The van der Waals surface area contributed by atoms with Crippen molar-refractivity contribution in [2.45, 2.75) is 24.5 Å². The quantitative estimate of drug-likeness (QED) is 0.660.